The van der Waals surface area contributed by atoms with Crippen molar-refractivity contribution < 1.29 is 13.9 Å². The summed E-state index contributed by atoms with van der Waals surface area (Å²) >= 11 is 0. The first kappa shape index (κ1) is 14.0. The summed E-state index contributed by atoms with van der Waals surface area (Å²) in [7, 11) is 0. The topological polar surface area (TPSA) is 55.6 Å². The van der Waals surface area contributed by atoms with Crippen LogP contribution in [0.2, 0.25) is 0 Å². The van der Waals surface area contributed by atoms with Gasteiger partial charge in [0, 0.05) is 25.2 Å². The summed E-state index contributed by atoms with van der Waals surface area (Å²) in [6, 6.07) is 4.56. The van der Waals surface area contributed by atoms with E-state index in [1.165, 1.54) is 6.07 Å². The highest BCUT2D eigenvalue weighted by Crippen LogP contribution is 2.16. The molecule has 1 aromatic carbocycles. The average Bonchev–Trinajstić information content (AvgIpc) is 2.40. The van der Waals surface area contributed by atoms with Gasteiger partial charge in [0.25, 0.3) is 5.91 Å². The van der Waals surface area contributed by atoms with Crippen LogP contribution in [0.4, 0.5) is 4.39 Å². The fourth-order valence-electron chi connectivity index (χ4n) is 2.25. The molecule has 1 saturated heterocycles. The number of halogens is 1. The maximum Gasteiger partial charge on any atom is 0.254 e. The lowest BCUT2D eigenvalue weighted by atomic mass is 10.1. The molecule has 0 spiro atoms. The Morgan fingerprint density at radius 3 is 2.89 bits per heavy atom. The zero-order chi connectivity index (χ0) is 14.0. The molecule has 104 valence electrons. The minimum absolute atomic E-state index is 0.0541. The molecule has 1 aliphatic rings. The van der Waals surface area contributed by atoms with E-state index >= 15 is 0 Å². The number of amides is 1. The van der Waals surface area contributed by atoms with E-state index in [0.29, 0.717) is 30.8 Å². The van der Waals surface area contributed by atoms with Crippen LogP contribution in [0.15, 0.2) is 18.2 Å². The number of nitrogens with two attached hydrogens (primary N) is 1. The number of hydrogen-bond donors (Lipinski definition) is 1. The minimum Gasteiger partial charge on any atom is -0.370 e. The van der Waals surface area contributed by atoms with Crippen LogP contribution >= 0.6 is 0 Å². The van der Waals surface area contributed by atoms with E-state index < -0.39 is 0 Å². The summed E-state index contributed by atoms with van der Waals surface area (Å²) in [4.78, 5) is 14.0. The molecule has 0 saturated carbocycles. The summed E-state index contributed by atoms with van der Waals surface area (Å²) in [6.45, 7) is 4.90. The van der Waals surface area contributed by atoms with Gasteiger partial charge < -0.3 is 15.4 Å². The van der Waals surface area contributed by atoms with Gasteiger partial charge in [-0.3, -0.25) is 4.79 Å². The van der Waals surface area contributed by atoms with Gasteiger partial charge in [-0.2, -0.15) is 0 Å². The van der Waals surface area contributed by atoms with E-state index in [1.54, 1.807) is 24.0 Å². The molecule has 1 fully saturated rings. The van der Waals surface area contributed by atoms with Gasteiger partial charge in [0.2, 0.25) is 0 Å². The highest BCUT2D eigenvalue weighted by atomic mass is 19.1. The molecule has 5 heteroatoms. The highest BCUT2D eigenvalue weighted by Gasteiger charge is 2.28. The van der Waals surface area contributed by atoms with Crippen molar-refractivity contribution in [2.75, 3.05) is 19.6 Å². The van der Waals surface area contributed by atoms with E-state index in [2.05, 4.69) is 0 Å². The molecular formula is C14H19FN2O2. The normalized spacial score (nSPS) is 23.5. The van der Waals surface area contributed by atoms with Crippen molar-refractivity contribution in [2.24, 2.45) is 5.73 Å². The Bertz CT molecular complexity index is 479. The van der Waals surface area contributed by atoms with Crippen LogP contribution in [0.3, 0.4) is 0 Å². The first-order valence-corrected chi connectivity index (χ1v) is 6.42. The van der Waals surface area contributed by atoms with E-state index in [-0.39, 0.29) is 23.9 Å². The predicted molar refractivity (Wildman–Crippen MR) is 70.4 cm³/mol. The molecule has 0 aliphatic carbocycles. The number of ether oxygens (including phenoxy) is 1. The van der Waals surface area contributed by atoms with Crippen molar-refractivity contribution in [2.45, 2.75) is 26.1 Å². The summed E-state index contributed by atoms with van der Waals surface area (Å²) in [5, 5.41) is 0. The maximum absolute atomic E-state index is 13.5. The van der Waals surface area contributed by atoms with Crippen LogP contribution in [0.1, 0.15) is 22.8 Å². The Hall–Kier alpha value is -1.46. The third kappa shape index (κ3) is 3.11. The van der Waals surface area contributed by atoms with E-state index in [4.69, 9.17) is 10.5 Å². The summed E-state index contributed by atoms with van der Waals surface area (Å²) in [5.74, 6) is -0.532. The van der Waals surface area contributed by atoms with Crippen molar-refractivity contribution in [3.8, 4) is 0 Å². The molecule has 2 atom stereocenters. The van der Waals surface area contributed by atoms with Crippen molar-refractivity contribution in [3.05, 3.63) is 35.1 Å². The van der Waals surface area contributed by atoms with E-state index in [0.717, 1.165) is 0 Å². The number of nitrogens with zero attached hydrogens (tertiary/aromatic N) is 1. The number of carbonyl (C=O) groups is 1. The molecule has 19 heavy (non-hydrogen) atoms. The molecule has 2 N–H and O–H groups in total. The molecule has 2 rings (SSSR count). The molecule has 0 aromatic heterocycles. The van der Waals surface area contributed by atoms with Crippen LogP contribution in [-0.2, 0) is 4.74 Å². The first-order chi connectivity index (χ1) is 9.01. The van der Waals surface area contributed by atoms with Crippen molar-refractivity contribution in [1.82, 2.24) is 4.90 Å². The second-order valence-electron chi connectivity index (χ2n) is 4.98. The zero-order valence-corrected chi connectivity index (χ0v) is 11.2. The summed E-state index contributed by atoms with van der Waals surface area (Å²) < 4.78 is 19.1. The Kier molecular flexibility index (Phi) is 4.17. The SMILES string of the molecule is Cc1ccc(C(=O)N2CC(C)OC(CN)C2)cc1F. The van der Waals surface area contributed by atoms with Gasteiger partial charge in [0.1, 0.15) is 5.82 Å². The van der Waals surface area contributed by atoms with Gasteiger partial charge in [-0.25, -0.2) is 4.39 Å². The molecule has 1 amide bonds. The number of hydrogen-bond acceptors (Lipinski definition) is 3. The van der Waals surface area contributed by atoms with Gasteiger partial charge in [-0.1, -0.05) is 6.07 Å². The Morgan fingerprint density at radius 1 is 1.53 bits per heavy atom. The molecule has 0 bridgehead atoms. The third-order valence-electron chi connectivity index (χ3n) is 3.30. The monoisotopic (exact) mass is 266 g/mol. The largest absolute Gasteiger partial charge is 0.370 e. The molecule has 1 heterocycles. The third-order valence-corrected chi connectivity index (χ3v) is 3.30. The molecule has 4 nitrogen and oxygen atoms in total. The van der Waals surface area contributed by atoms with Crippen LogP contribution in [0.25, 0.3) is 0 Å². The predicted octanol–water partition coefficient (Wildman–Crippen LogP) is 1.32. The number of rotatable bonds is 2. The van der Waals surface area contributed by atoms with Crippen LogP contribution in [0.5, 0.6) is 0 Å². The lowest BCUT2D eigenvalue weighted by Gasteiger charge is -2.36. The smallest absolute Gasteiger partial charge is 0.254 e. The van der Waals surface area contributed by atoms with E-state index in [1.807, 2.05) is 6.92 Å². The van der Waals surface area contributed by atoms with Gasteiger partial charge in [0.15, 0.2) is 0 Å². The van der Waals surface area contributed by atoms with Crippen LogP contribution < -0.4 is 5.73 Å². The molecular weight excluding hydrogens is 247 g/mol. The first-order valence-electron chi connectivity index (χ1n) is 6.42. The molecule has 1 aromatic rings. The zero-order valence-electron chi connectivity index (χ0n) is 11.2. The molecule has 1 aliphatic heterocycles. The number of morpholine rings is 1. The van der Waals surface area contributed by atoms with Gasteiger partial charge >= 0.3 is 0 Å². The van der Waals surface area contributed by atoms with E-state index in [9.17, 15) is 9.18 Å². The average molecular weight is 266 g/mol. The second kappa shape index (κ2) is 5.67. The van der Waals surface area contributed by atoms with Crippen LogP contribution in [0, 0.1) is 12.7 Å². The highest BCUT2D eigenvalue weighted by molar-refractivity contribution is 5.94. The fraction of sp³-hybridized carbons (Fsp3) is 0.500. The van der Waals surface area contributed by atoms with Crippen LogP contribution in [-0.4, -0.2) is 42.6 Å². The number of carbonyl (C=O) groups excluding carboxylic acids is 1. The molecule has 2 unspecified atom stereocenters. The van der Waals surface area contributed by atoms with Crippen molar-refractivity contribution >= 4 is 5.91 Å². The summed E-state index contributed by atoms with van der Waals surface area (Å²) in [6.07, 6.45) is -0.204. The lowest BCUT2D eigenvalue weighted by Crippen LogP contribution is -2.51. The number of aryl methyl sites for hydroxylation is 1. The maximum atomic E-state index is 13.5. The minimum atomic E-state index is -0.359. The quantitative estimate of drug-likeness (QED) is 0.878. The standard InChI is InChI=1S/C14H19FN2O2/c1-9-3-4-11(5-13(9)15)14(18)17-7-10(2)19-12(6-16)8-17/h3-5,10,12H,6-8,16H2,1-2H3. The van der Waals surface area contributed by atoms with Gasteiger partial charge in [-0.05, 0) is 31.5 Å². The lowest BCUT2D eigenvalue weighted by molar-refractivity contribution is -0.0625. The van der Waals surface area contributed by atoms with Gasteiger partial charge in [-0.15, -0.1) is 0 Å². The fourth-order valence-corrected chi connectivity index (χ4v) is 2.25. The second-order valence-corrected chi connectivity index (χ2v) is 4.98. The van der Waals surface area contributed by atoms with Crippen molar-refractivity contribution in [1.29, 1.82) is 0 Å². The number of benzene rings is 1. The molecule has 0 radical (unpaired) electrons. The summed E-state index contributed by atoms with van der Waals surface area (Å²) in [5.41, 5.74) is 6.49. The Labute approximate surface area is 112 Å². The Balaban J connectivity index is 2.16. The Morgan fingerprint density at radius 2 is 2.26 bits per heavy atom. The van der Waals surface area contributed by atoms with Crippen molar-refractivity contribution in [3.63, 3.8) is 0 Å². The van der Waals surface area contributed by atoms with Gasteiger partial charge in [0.05, 0.1) is 12.2 Å².